The van der Waals surface area contributed by atoms with Crippen molar-refractivity contribution in [1.29, 1.82) is 0 Å². The second kappa shape index (κ2) is 9.29. The summed E-state index contributed by atoms with van der Waals surface area (Å²) in [5.41, 5.74) is 1.68. The van der Waals surface area contributed by atoms with Crippen LogP contribution in [0.2, 0.25) is 0 Å². The highest BCUT2D eigenvalue weighted by Crippen LogP contribution is 2.22. The van der Waals surface area contributed by atoms with E-state index < -0.39 is 44.4 Å². The molecule has 1 aliphatic rings. The fourth-order valence-electron chi connectivity index (χ4n) is 3.33. The third-order valence-electron chi connectivity index (χ3n) is 4.92. The summed E-state index contributed by atoms with van der Waals surface area (Å²) in [5, 5.41) is 2.52. The number of sulfone groups is 1. The zero-order valence-electron chi connectivity index (χ0n) is 17.6. The molecule has 0 spiro atoms. The number of sulfonamides is 1. The van der Waals surface area contributed by atoms with Crippen molar-refractivity contribution in [2.24, 2.45) is 0 Å². The van der Waals surface area contributed by atoms with Gasteiger partial charge in [-0.2, -0.15) is 0 Å². The van der Waals surface area contributed by atoms with Crippen molar-refractivity contribution in [2.45, 2.75) is 31.2 Å². The standard InChI is InChI=1S/C21H24N2O7S2/c1-14-4-3-5-17(10-14)23-32(28,29)19-11-16(7-6-15(19)2)21(25)30-12-20(24)22-18-8-9-31(26,27)13-18/h3-7,10-11,18,23H,8-9,12-13H2,1-2H3,(H,22,24). The molecule has 172 valence electrons. The lowest BCUT2D eigenvalue weighted by atomic mass is 10.1. The van der Waals surface area contributed by atoms with E-state index in [9.17, 15) is 26.4 Å². The Labute approximate surface area is 187 Å². The van der Waals surface area contributed by atoms with Crippen molar-refractivity contribution in [3.8, 4) is 0 Å². The number of aryl methyl sites for hydroxylation is 2. The Balaban J connectivity index is 1.66. The van der Waals surface area contributed by atoms with E-state index in [0.29, 0.717) is 17.7 Å². The molecule has 1 fully saturated rings. The SMILES string of the molecule is Cc1cccc(NS(=O)(=O)c2cc(C(=O)OCC(=O)NC3CCS(=O)(=O)C3)ccc2C)c1. The van der Waals surface area contributed by atoms with E-state index in [1.54, 1.807) is 25.1 Å². The Hall–Kier alpha value is -2.92. The van der Waals surface area contributed by atoms with Gasteiger partial charge in [0.2, 0.25) is 0 Å². The van der Waals surface area contributed by atoms with Crippen LogP contribution in [0.4, 0.5) is 5.69 Å². The van der Waals surface area contributed by atoms with E-state index in [1.165, 1.54) is 18.2 Å². The zero-order chi connectivity index (χ0) is 23.5. The number of esters is 1. The molecule has 0 bridgehead atoms. The molecule has 32 heavy (non-hydrogen) atoms. The predicted octanol–water partition coefficient (Wildman–Crippen LogP) is 1.56. The zero-order valence-corrected chi connectivity index (χ0v) is 19.3. The lowest BCUT2D eigenvalue weighted by molar-refractivity contribution is -0.124. The highest BCUT2D eigenvalue weighted by Gasteiger charge is 2.29. The molecule has 0 saturated carbocycles. The van der Waals surface area contributed by atoms with Crippen LogP contribution in [0.1, 0.15) is 27.9 Å². The fraction of sp³-hybridized carbons (Fsp3) is 0.333. The van der Waals surface area contributed by atoms with Gasteiger partial charge in [0.1, 0.15) is 0 Å². The van der Waals surface area contributed by atoms with Crippen molar-refractivity contribution in [2.75, 3.05) is 22.8 Å². The molecule has 2 aromatic rings. The molecule has 0 aromatic heterocycles. The molecular weight excluding hydrogens is 456 g/mol. The summed E-state index contributed by atoms with van der Waals surface area (Å²) in [5.74, 6) is -1.62. The molecule has 1 heterocycles. The molecule has 1 unspecified atom stereocenters. The normalized spacial score (nSPS) is 17.5. The maximum Gasteiger partial charge on any atom is 0.338 e. The maximum atomic E-state index is 12.8. The monoisotopic (exact) mass is 480 g/mol. The van der Waals surface area contributed by atoms with E-state index in [2.05, 4.69) is 10.0 Å². The average Bonchev–Trinajstić information content (AvgIpc) is 3.04. The summed E-state index contributed by atoms with van der Waals surface area (Å²) in [6, 6.07) is 10.4. The van der Waals surface area contributed by atoms with Crippen LogP contribution in [0.3, 0.4) is 0 Å². The number of ether oxygens (including phenoxy) is 1. The van der Waals surface area contributed by atoms with Crippen LogP contribution in [0.5, 0.6) is 0 Å². The number of anilines is 1. The number of carbonyl (C=O) groups is 2. The molecule has 1 aliphatic heterocycles. The third kappa shape index (κ3) is 6.07. The first kappa shape index (κ1) is 23.7. The lowest BCUT2D eigenvalue weighted by Crippen LogP contribution is -2.38. The molecule has 9 nitrogen and oxygen atoms in total. The lowest BCUT2D eigenvalue weighted by Gasteiger charge is -2.13. The number of benzene rings is 2. The molecule has 0 aliphatic carbocycles. The van der Waals surface area contributed by atoms with Gasteiger partial charge < -0.3 is 10.1 Å². The summed E-state index contributed by atoms with van der Waals surface area (Å²) in [7, 11) is -7.12. The van der Waals surface area contributed by atoms with Gasteiger partial charge in [-0.25, -0.2) is 21.6 Å². The number of amides is 1. The Morgan fingerprint density at radius 3 is 2.53 bits per heavy atom. The fourth-order valence-corrected chi connectivity index (χ4v) is 6.32. The van der Waals surface area contributed by atoms with Crippen molar-refractivity contribution in [1.82, 2.24) is 5.32 Å². The predicted molar refractivity (Wildman–Crippen MR) is 119 cm³/mol. The Kier molecular flexibility index (Phi) is 6.89. The highest BCUT2D eigenvalue weighted by atomic mass is 32.2. The summed E-state index contributed by atoms with van der Waals surface area (Å²) < 4.78 is 56.1. The smallest absolute Gasteiger partial charge is 0.338 e. The van der Waals surface area contributed by atoms with Crippen molar-refractivity contribution in [3.63, 3.8) is 0 Å². The summed E-state index contributed by atoms with van der Waals surface area (Å²) in [6.45, 7) is 2.83. The summed E-state index contributed by atoms with van der Waals surface area (Å²) in [4.78, 5) is 24.2. The number of rotatable bonds is 7. The van der Waals surface area contributed by atoms with E-state index >= 15 is 0 Å². The Morgan fingerprint density at radius 2 is 1.88 bits per heavy atom. The van der Waals surface area contributed by atoms with Gasteiger partial charge in [-0.3, -0.25) is 9.52 Å². The number of carbonyl (C=O) groups excluding carboxylic acids is 2. The quantitative estimate of drug-likeness (QED) is 0.574. The molecule has 2 N–H and O–H groups in total. The minimum absolute atomic E-state index is 0.00887. The van der Waals surface area contributed by atoms with Gasteiger partial charge >= 0.3 is 5.97 Å². The van der Waals surface area contributed by atoms with E-state index in [-0.39, 0.29) is 22.0 Å². The van der Waals surface area contributed by atoms with Crippen LogP contribution >= 0.6 is 0 Å². The molecule has 11 heteroatoms. The first-order valence-corrected chi connectivity index (χ1v) is 13.1. The molecule has 1 amide bonds. The topological polar surface area (TPSA) is 136 Å². The van der Waals surface area contributed by atoms with Gasteiger partial charge in [-0.15, -0.1) is 0 Å². The summed E-state index contributed by atoms with van der Waals surface area (Å²) >= 11 is 0. The molecule has 0 radical (unpaired) electrons. The van der Waals surface area contributed by atoms with Crippen LogP contribution < -0.4 is 10.0 Å². The van der Waals surface area contributed by atoms with E-state index in [1.807, 2.05) is 13.0 Å². The minimum atomic E-state index is -3.97. The third-order valence-corrected chi connectivity index (χ3v) is 8.21. The molecular formula is C21H24N2O7S2. The second-order valence-electron chi connectivity index (χ2n) is 7.70. The van der Waals surface area contributed by atoms with Crippen molar-refractivity contribution in [3.05, 3.63) is 59.2 Å². The van der Waals surface area contributed by atoms with E-state index in [4.69, 9.17) is 4.74 Å². The largest absolute Gasteiger partial charge is 0.452 e. The van der Waals surface area contributed by atoms with Crippen LogP contribution in [-0.2, 0) is 29.4 Å². The summed E-state index contributed by atoms with van der Waals surface area (Å²) in [6.07, 6.45) is 0.315. The van der Waals surface area contributed by atoms with Crippen molar-refractivity contribution < 1.29 is 31.2 Å². The van der Waals surface area contributed by atoms with Gasteiger partial charge in [0.25, 0.3) is 15.9 Å². The minimum Gasteiger partial charge on any atom is -0.452 e. The maximum absolute atomic E-state index is 12.8. The Bertz CT molecular complexity index is 1250. The highest BCUT2D eigenvalue weighted by molar-refractivity contribution is 7.92. The van der Waals surface area contributed by atoms with Gasteiger partial charge in [0.05, 0.1) is 22.0 Å². The van der Waals surface area contributed by atoms with Crippen LogP contribution in [0.15, 0.2) is 47.4 Å². The van der Waals surface area contributed by atoms with Gasteiger partial charge in [0, 0.05) is 11.7 Å². The van der Waals surface area contributed by atoms with Gasteiger partial charge in [0.15, 0.2) is 16.4 Å². The van der Waals surface area contributed by atoms with Gasteiger partial charge in [-0.1, -0.05) is 18.2 Å². The van der Waals surface area contributed by atoms with Crippen LogP contribution in [0.25, 0.3) is 0 Å². The van der Waals surface area contributed by atoms with Crippen molar-refractivity contribution >= 4 is 37.4 Å². The first-order valence-electron chi connectivity index (χ1n) is 9.82. The molecule has 1 saturated heterocycles. The average molecular weight is 481 g/mol. The number of hydrogen-bond acceptors (Lipinski definition) is 7. The molecule has 2 aromatic carbocycles. The van der Waals surface area contributed by atoms with Gasteiger partial charge in [-0.05, 0) is 55.7 Å². The molecule has 1 atom stereocenters. The Morgan fingerprint density at radius 1 is 1.12 bits per heavy atom. The number of hydrogen-bond donors (Lipinski definition) is 2. The molecule has 3 rings (SSSR count). The van der Waals surface area contributed by atoms with Crippen LogP contribution in [0, 0.1) is 13.8 Å². The second-order valence-corrected chi connectivity index (χ2v) is 11.6. The number of nitrogens with one attached hydrogen (secondary N) is 2. The van der Waals surface area contributed by atoms with E-state index in [0.717, 1.165) is 5.56 Å². The first-order chi connectivity index (χ1) is 14.9. The van der Waals surface area contributed by atoms with Crippen LogP contribution in [-0.4, -0.2) is 52.9 Å².